The Hall–Kier alpha value is -1.71. The molecule has 0 aromatic heterocycles. The van der Waals surface area contributed by atoms with Crippen LogP contribution < -0.4 is 5.32 Å². The second kappa shape index (κ2) is 6.28. The van der Waals surface area contributed by atoms with Gasteiger partial charge in [-0.05, 0) is 30.5 Å². The van der Waals surface area contributed by atoms with Crippen molar-refractivity contribution in [1.29, 1.82) is 0 Å². The van der Waals surface area contributed by atoms with Gasteiger partial charge in [0.05, 0.1) is 0 Å². The van der Waals surface area contributed by atoms with E-state index in [2.05, 4.69) is 5.32 Å². The molecule has 98 valence electrons. The van der Waals surface area contributed by atoms with Crippen molar-refractivity contribution in [3.8, 4) is 5.75 Å². The number of rotatable bonds is 2. The summed E-state index contributed by atoms with van der Waals surface area (Å²) in [5.41, 5.74) is 0.996. The third kappa shape index (κ3) is 3.65. The van der Waals surface area contributed by atoms with E-state index in [9.17, 15) is 9.90 Å². The molecule has 0 unspecified atom stereocenters. The summed E-state index contributed by atoms with van der Waals surface area (Å²) in [6.07, 6.45) is 4.66. The van der Waals surface area contributed by atoms with Crippen LogP contribution in [0, 0.1) is 0 Å². The fourth-order valence-electron chi connectivity index (χ4n) is 2.18. The van der Waals surface area contributed by atoms with Crippen LogP contribution in [0.15, 0.2) is 24.3 Å². The molecule has 2 amide bonds. The predicted molar refractivity (Wildman–Crippen MR) is 70.4 cm³/mol. The molecule has 1 aliphatic heterocycles. The zero-order chi connectivity index (χ0) is 12.8. The Morgan fingerprint density at radius 1 is 1.11 bits per heavy atom. The van der Waals surface area contributed by atoms with Crippen LogP contribution in [0.4, 0.5) is 4.79 Å². The number of carbonyl (C=O) groups excluding carboxylic acids is 1. The lowest BCUT2D eigenvalue weighted by molar-refractivity contribution is 0.199. The zero-order valence-electron chi connectivity index (χ0n) is 10.6. The number of hydrogen-bond donors (Lipinski definition) is 2. The summed E-state index contributed by atoms with van der Waals surface area (Å²) in [6.45, 7) is 2.23. The molecule has 18 heavy (non-hydrogen) atoms. The molecule has 0 atom stereocenters. The summed E-state index contributed by atoms with van der Waals surface area (Å²) >= 11 is 0. The van der Waals surface area contributed by atoms with Crippen molar-refractivity contribution in [2.75, 3.05) is 13.1 Å². The molecule has 0 radical (unpaired) electrons. The van der Waals surface area contributed by atoms with Gasteiger partial charge in [-0.15, -0.1) is 0 Å². The topological polar surface area (TPSA) is 52.6 Å². The molecular formula is C14H20N2O2. The molecule has 4 nitrogen and oxygen atoms in total. The van der Waals surface area contributed by atoms with Crippen LogP contribution in [-0.2, 0) is 6.54 Å². The van der Waals surface area contributed by atoms with Crippen molar-refractivity contribution in [3.05, 3.63) is 29.8 Å². The zero-order valence-corrected chi connectivity index (χ0v) is 10.6. The molecule has 0 saturated carbocycles. The minimum atomic E-state index is 0.0185. The van der Waals surface area contributed by atoms with Gasteiger partial charge in [-0.25, -0.2) is 4.79 Å². The lowest BCUT2D eigenvalue weighted by Crippen LogP contribution is -2.40. The van der Waals surface area contributed by atoms with Crippen LogP contribution in [0.1, 0.15) is 31.2 Å². The average Bonchev–Trinajstić information content (AvgIpc) is 2.66. The number of amides is 2. The average molecular weight is 248 g/mol. The molecule has 0 spiro atoms. The van der Waals surface area contributed by atoms with Crippen LogP contribution in [0.5, 0.6) is 5.75 Å². The number of nitrogens with one attached hydrogen (secondary N) is 1. The molecule has 0 bridgehead atoms. The number of aromatic hydroxyl groups is 1. The highest BCUT2D eigenvalue weighted by Gasteiger charge is 2.14. The maximum Gasteiger partial charge on any atom is 0.317 e. The number of hydrogen-bond acceptors (Lipinski definition) is 2. The summed E-state index contributed by atoms with van der Waals surface area (Å²) in [5, 5.41) is 12.1. The highest BCUT2D eigenvalue weighted by molar-refractivity contribution is 5.74. The fourth-order valence-corrected chi connectivity index (χ4v) is 2.18. The van der Waals surface area contributed by atoms with E-state index in [1.165, 1.54) is 12.8 Å². The number of benzene rings is 1. The summed E-state index contributed by atoms with van der Waals surface area (Å²) in [6, 6.07) is 6.92. The maximum atomic E-state index is 12.0. The second-order valence-corrected chi connectivity index (χ2v) is 4.73. The Bertz CT molecular complexity index is 381. The third-order valence-electron chi connectivity index (χ3n) is 3.27. The Labute approximate surface area is 108 Å². The van der Waals surface area contributed by atoms with Crippen molar-refractivity contribution in [2.24, 2.45) is 0 Å². The van der Waals surface area contributed by atoms with Crippen LogP contribution in [-0.4, -0.2) is 29.1 Å². The van der Waals surface area contributed by atoms with Gasteiger partial charge in [0.25, 0.3) is 0 Å². The molecule has 2 rings (SSSR count). The van der Waals surface area contributed by atoms with Gasteiger partial charge < -0.3 is 15.3 Å². The molecular weight excluding hydrogens is 228 g/mol. The predicted octanol–water partition coefficient (Wildman–Crippen LogP) is 2.48. The SMILES string of the molecule is O=C(NCc1ccc(O)cc1)N1CCCCCC1. The minimum Gasteiger partial charge on any atom is -0.508 e. The van der Waals surface area contributed by atoms with Gasteiger partial charge in [-0.1, -0.05) is 25.0 Å². The van der Waals surface area contributed by atoms with E-state index >= 15 is 0 Å². The molecule has 0 aliphatic carbocycles. The Morgan fingerprint density at radius 2 is 1.72 bits per heavy atom. The van der Waals surface area contributed by atoms with Crippen LogP contribution in [0.3, 0.4) is 0 Å². The van der Waals surface area contributed by atoms with Crippen molar-refractivity contribution >= 4 is 6.03 Å². The van der Waals surface area contributed by atoms with Crippen LogP contribution >= 0.6 is 0 Å². The lowest BCUT2D eigenvalue weighted by atomic mass is 10.2. The molecule has 1 aromatic carbocycles. The number of likely N-dealkylation sites (tertiary alicyclic amines) is 1. The minimum absolute atomic E-state index is 0.0185. The van der Waals surface area contributed by atoms with E-state index in [0.717, 1.165) is 31.5 Å². The molecule has 1 fully saturated rings. The number of phenolic OH excluding ortho intramolecular Hbond substituents is 1. The van der Waals surface area contributed by atoms with Crippen molar-refractivity contribution in [1.82, 2.24) is 10.2 Å². The van der Waals surface area contributed by atoms with Crippen molar-refractivity contribution in [3.63, 3.8) is 0 Å². The van der Waals surface area contributed by atoms with Crippen LogP contribution in [0.2, 0.25) is 0 Å². The molecule has 4 heteroatoms. The first-order valence-electron chi connectivity index (χ1n) is 6.56. The standard InChI is InChI=1S/C14H20N2O2/c17-13-7-5-12(6-8-13)11-15-14(18)16-9-3-1-2-4-10-16/h5-8,17H,1-4,9-11H2,(H,15,18). The van der Waals surface area contributed by atoms with E-state index < -0.39 is 0 Å². The van der Waals surface area contributed by atoms with Gasteiger partial charge >= 0.3 is 6.03 Å². The summed E-state index contributed by atoms with van der Waals surface area (Å²) < 4.78 is 0. The maximum absolute atomic E-state index is 12.0. The summed E-state index contributed by atoms with van der Waals surface area (Å²) in [7, 11) is 0. The van der Waals surface area contributed by atoms with Gasteiger partial charge in [0, 0.05) is 19.6 Å². The Balaban J connectivity index is 1.81. The van der Waals surface area contributed by atoms with Crippen molar-refractivity contribution in [2.45, 2.75) is 32.2 Å². The lowest BCUT2D eigenvalue weighted by Gasteiger charge is -2.20. The molecule has 2 N–H and O–H groups in total. The third-order valence-corrected chi connectivity index (χ3v) is 3.27. The van der Waals surface area contributed by atoms with E-state index in [0.29, 0.717) is 6.54 Å². The highest BCUT2D eigenvalue weighted by Crippen LogP contribution is 2.11. The molecule has 1 aliphatic rings. The first-order chi connectivity index (χ1) is 8.75. The quantitative estimate of drug-likeness (QED) is 0.844. The van der Waals surface area contributed by atoms with Gasteiger partial charge in [0.1, 0.15) is 5.75 Å². The van der Waals surface area contributed by atoms with Gasteiger partial charge in [-0.3, -0.25) is 0 Å². The second-order valence-electron chi connectivity index (χ2n) is 4.73. The molecule has 1 aromatic rings. The number of urea groups is 1. The summed E-state index contributed by atoms with van der Waals surface area (Å²) in [4.78, 5) is 13.9. The number of nitrogens with zero attached hydrogens (tertiary/aromatic N) is 1. The highest BCUT2D eigenvalue weighted by atomic mass is 16.3. The smallest absolute Gasteiger partial charge is 0.317 e. The van der Waals surface area contributed by atoms with Gasteiger partial charge in [0.2, 0.25) is 0 Å². The number of carbonyl (C=O) groups is 1. The Morgan fingerprint density at radius 3 is 2.33 bits per heavy atom. The van der Waals surface area contributed by atoms with E-state index in [1.54, 1.807) is 12.1 Å². The largest absolute Gasteiger partial charge is 0.508 e. The fraction of sp³-hybridized carbons (Fsp3) is 0.500. The summed E-state index contributed by atoms with van der Waals surface area (Å²) in [5.74, 6) is 0.248. The molecule has 1 heterocycles. The van der Waals surface area contributed by atoms with Gasteiger partial charge in [0.15, 0.2) is 0 Å². The van der Waals surface area contributed by atoms with Crippen molar-refractivity contribution < 1.29 is 9.90 Å². The van der Waals surface area contributed by atoms with Crippen LogP contribution in [0.25, 0.3) is 0 Å². The molecule has 1 saturated heterocycles. The normalized spacial score (nSPS) is 16.1. The first-order valence-corrected chi connectivity index (χ1v) is 6.56. The first kappa shape index (κ1) is 12.7. The Kier molecular flexibility index (Phi) is 4.45. The van der Waals surface area contributed by atoms with E-state index in [4.69, 9.17) is 0 Å². The van der Waals surface area contributed by atoms with Gasteiger partial charge in [-0.2, -0.15) is 0 Å². The van der Waals surface area contributed by atoms with E-state index in [1.807, 2.05) is 17.0 Å². The monoisotopic (exact) mass is 248 g/mol. The van der Waals surface area contributed by atoms with E-state index in [-0.39, 0.29) is 11.8 Å². The number of phenols is 1.